The van der Waals surface area contributed by atoms with Crippen LogP contribution >= 0.6 is 0 Å². The van der Waals surface area contributed by atoms with Gasteiger partial charge in [0.25, 0.3) is 0 Å². The number of esters is 1. The van der Waals surface area contributed by atoms with Crippen molar-refractivity contribution in [1.82, 2.24) is 4.57 Å². The van der Waals surface area contributed by atoms with Crippen LogP contribution in [0.5, 0.6) is 0 Å². The number of methoxy groups -OCH3 is 1. The van der Waals surface area contributed by atoms with E-state index in [-0.39, 0.29) is 5.78 Å². The second kappa shape index (κ2) is 8.37. The molecule has 6 heteroatoms. The standard InChI is InChI=1S/C17H16NO3.CH3O.Po/c1-11-8-12(2)10-14(9-11)16(19)15-6-5-7-18(15)13(3)17(20)21-4;1-2;/h3,5-10H,1-2,4H3;1H3;/q;-1;+1. The summed E-state index contributed by atoms with van der Waals surface area (Å²) in [4.78, 5) is 25.0. The molecule has 0 radical (unpaired) electrons. The van der Waals surface area contributed by atoms with Crippen LogP contribution in [0.4, 0.5) is 0 Å². The van der Waals surface area contributed by atoms with Crippen LogP contribution in [0.2, 0.25) is 0 Å². The molecule has 0 saturated heterocycles. The van der Waals surface area contributed by atoms with Crippen molar-refractivity contribution < 1.29 is 17.1 Å². The first-order chi connectivity index (χ1) is 11.5. The third kappa shape index (κ3) is 4.20. The number of carbonyl (C=O) groups is 2. The third-order valence-electron chi connectivity index (χ3n) is 3.38. The second-order valence-corrected chi connectivity index (χ2v) is 8.19. The number of hydrogen-bond donors (Lipinski definition) is 0. The summed E-state index contributed by atoms with van der Waals surface area (Å²) in [5.41, 5.74) is 3.39. The van der Waals surface area contributed by atoms with Gasteiger partial charge in [0.1, 0.15) is 0 Å². The summed E-state index contributed by atoms with van der Waals surface area (Å²) in [5.74, 6) is -0.623. The molecule has 0 aliphatic rings. The van der Waals surface area contributed by atoms with Gasteiger partial charge >= 0.3 is 154 Å². The Morgan fingerprint density at radius 2 is 1.79 bits per heavy atom. The van der Waals surface area contributed by atoms with E-state index < -0.39 is 30.0 Å². The molecule has 0 N–H and O–H groups in total. The van der Waals surface area contributed by atoms with Crippen LogP contribution in [0.15, 0.2) is 40.3 Å². The fourth-order valence-electron chi connectivity index (χ4n) is 2.43. The zero-order valence-electron chi connectivity index (χ0n) is 14.0. The quantitative estimate of drug-likeness (QED) is 0.333. The van der Waals surface area contributed by atoms with Gasteiger partial charge in [-0.1, -0.05) is 0 Å². The molecule has 1 heterocycles. The van der Waals surface area contributed by atoms with Crippen LogP contribution < -0.4 is 0 Å². The van der Waals surface area contributed by atoms with Crippen LogP contribution in [0.3, 0.4) is 0 Å². The van der Waals surface area contributed by atoms with Crippen LogP contribution in [0.1, 0.15) is 27.2 Å². The number of aryl methyl sites for hydroxylation is 2. The normalized spacial score (nSPS) is 11.4. The van der Waals surface area contributed by atoms with Crippen molar-refractivity contribution in [2.24, 2.45) is 0 Å². The molecule has 0 bridgehead atoms. The first-order valence-electron chi connectivity index (χ1n) is 7.26. The molecule has 0 unspecified atom stereocenters. The summed E-state index contributed by atoms with van der Waals surface area (Å²) in [7, 11) is 2.93. The van der Waals surface area contributed by atoms with Crippen molar-refractivity contribution in [2.75, 3.05) is 14.2 Å². The van der Waals surface area contributed by atoms with E-state index in [0.29, 0.717) is 17.0 Å². The number of ketones is 1. The van der Waals surface area contributed by atoms with Gasteiger partial charge in [0.15, 0.2) is 0 Å². The summed E-state index contributed by atoms with van der Waals surface area (Å²) < 4.78 is 13.3. The minimum absolute atomic E-state index is 0.135. The molecule has 1 aromatic heterocycles. The van der Waals surface area contributed by atoms with Gasteiger partial charge in [-0.15, -0.1) is 0 Å². The Morgan fingerprint density at radius 1 is 1.12 bits per heavy atom. The average molecular weight is 522 g/mol. The first-order valence-corrected chi connectivity index (χ1v) is 10.4. The zero-order chi connectivity index (χ0) is 17.7. The SMILES string of the molecule is C[O][Po]/[CH]=C(\C(=O)OC)n1cccc1C(=O)c1cc(C)cc(C)c1. The van der Waals surface area contributed by atoms with Crippen molar-refractivity contribution in [3.63, 3.8) is 0 Å². The van der Waals surface area contributed by atoms with Crippen LogP contribution in [-0.2, 0) is 12.3 Å². The van der Waals surface area contributed by atoms with E-state index in [9.17, 15) is 9.59 Å². The van der Waals surface area contributed by atoms with Gasteiger partial charge in [-0.05, 0) is 0 Å². The van der Waals surface area contributed by atoms with E-state index >= 15 is 0 Å². The van der Waals surface area contributed by atoms with E-state index in [2.05, 4.69) is 0 Å². The number of hydrogen-bond acceptors (Lipinski definition) is 4. The molecule has 2 aromatic rings. The van der Waals surface area contributed by atoms with E-state index in [1.807, 2.05) is 32.0 Å². The topological polar surface area (TPSA) is 57.5 Å². The summed E-state index contributed by atoms with van der Waals surface area (Å²) in [6.07, 6.45) is 1.69. The molecule has 2 rings (SSSR count). The number of nitrogens with zero attached hydrogens (tertiary/aromatic N) is 1. The van der Waals surface area contributed by atoms with E-state index in [4.69, 9.17) is 7.51 Å². The molecule has 1 aromatic carbocycles. The number of aromatic nitrogens is 1. The van der Waals surface area contributed by atoms with E-state index in [1.165, 1.54) is 7.11 Å². The van der Waals surface area contributed by atoms with Gasteiger partial charge in [-0.3, -0.25) is 0 Å². The van der Waals surface area contributed by atoms with Crippen molar-refractivity contribution in [3.8, 4) is 0 Å². The summed E-state index contributed by atoms with van der Waals surface area (Å²) >= 11 is -1.26. The molecule has 0 saturated carbocycles. The predicted octanol–water partition coefficient (Wildman–Crippen LogP) is 2.57. The summed E-state index contributed by atoms with van der Waals surface area (Å²) in [5, 5.41) is 0. The van der Waals surface area contributed by atoms with Gasteiger partial charge in [0.05, 0.1) is 0 Å². The molecule has 126 valence electrons. The molecule has 0 amide bonds. The van der Waals surface area contributed by atoms with Gasteiger partial charge in [-0.25, -0.2) is 0 Å². The number of benzene rings is 1. The summed E-state index contributed by atoms with van der Waals surface area (Å²) in [6, 6.07) is 9.15. The molecule has 0 aliphatic heterocycles. The second-order valence-electron chi connectivity index (χ2n) is 5.23. The third-order valence-corrected chi connectivity index (χ3v) is 5.37. The Morgan fingerprint density at radius 3 is 2.38 bits per heavy atom. The molecule has 0 atom stereocenters. The van der Waals surface area contributed by atoms with Gasteiger partial charge in [0, 0.05) is 0 Å². The summed E-state index contributed by atoms with van der Waals surface area (Å²) in [6.45, 7) is 3.90. The molecular weight excluding hydrogens is 503 g/mol. The monoisotopic (exact) mass is 522 g/mol. The molecule has 0 fully saturated rings. The maximum atomic E-state index is 12.9. The molecular formula is C18H19NO4Po. The van der Waals surface area contributed by atoms with Gasteiger partial charge in [0.2, 0.25) is 0 Å². The van der Waals surface area contributed by atoms with Gasteiger partial charge < -0.3 is 0 Å². The van der Waals surface area contributed by atoms with Crippen molar-refractivity contribution in [3.05, 3.63) is 62.6 Å². The number of ether oxygens (including phenoxy) is 1. The Hall–Kier alpha value is -1.76. The van der Waals surface area contributed by atoms with Gasteiger partial charge in [-0.2, -0.15) is 0 Å². The zero-order valence-corrected chi connectivity index (χ0v) is 17.2. The molecule has 0 aliphatic carbocycles. The van der Waals surface area contributed by atoms with E-state index in [0.717, 1.165) is 11.1 Å². The fourth-order valence-corrected chi connectivity index (χ4v) is 3.98. The van der Waals surface area contributed by atoms with Crippen LogP contribution in [-0.4, -0.2) is 54.5 Å². The Labute approximate surface area is 153 Å². The van der Waals surface area contributed by atoms with Crippen LogP contribution in [0.25, 0.3) is 5.70 Å². The maximum absolute atomic E-state index is 12.9. The number of rotatable bonds is 6. The molecule has 0 spiro atoms. The van der Waals surface area contributed by atoms with Crippen molar-refractivity contribution >= 4 is 41.5 Å². The molecule has 24 heavy (non-hydrogen) atoms. The van der Waals surface area contributed by atoms with Crippen molar-refractivity contribution in [1.29, 1.82) is 0 Å². The van der Waals surface area contributed by atoms with Crippen molar-refractivity contribution in [2.45, 2.75) is 13.8 Å². The molecule has 5 nitrogen and oxygen atoms in total. The Bertz CT molecular complexity index is 772. The van der Waals surface area contributed by atoms with Crippen LogP contribution in [0, 0.1) is 13.8 Å². The van der Waals surface area contributed by atoms with E-state index in [1.54, 1.807) is 33.7 Å². The minimum atomic E-state index is -1.26. The first kappa shape index (κ1) is 18.6. The average Bonchev–Trinajstić information content (AvgIpc) is 3.02. The number of carbonyl (C=O) groups excluding carboxylic acids is 2. The fraction of sp³-hybridized carbons (Fsp3) is 0.222. The Balaban J connectivity index is 2.48. The Kier molecular flexibility index (Phi) is 6.48. The predicted molar refractivity (Wildman–Crippen MR) is 92.8 cm³/mol.